The van der Waals surface area contributed by atoms with Gasteiger partial charge in [-0.05, 0) is 48.9 Å². The Balaban J connectivity index is 1.63. The second-order valence-electron chi connectivity index (χ2n) is 7.18. The lowest BCUT2D eigenvalue weighted by molar-refractivity contribution is -0.113. The summed E-state index contributed by atoms with van der Waals surface area (Å²) in [6, 6.07) is 11.8. The highest BCUT2D eigenvalue weighted by Gasteiger charge is 2.20. The summed E-state index contributed by atoms with van der Waals surface area (Å²) in [5.74, 6) is 1.94. The predicted molar refractivity (Wildman–Crippen MR) is 124 cm³/mol. The molecule has 1 unspecified atom stereocenters. The van der Waals surface area contributed by atoms with E-state index < -0.39 is 0 Å². The number of carbonyl (C=O) groups excluding carboxylic acids is 1. The van der Waals surface area contributed by atoms with Gasteiger partial charge in [0.1, 0.15) is 16.8 Å². The molecule has 0 radical (unpaired) electrons. The van der Waals surface area contributed by atoms with Gasteiger partial charge in [0, 0.05) is 6.54 Å². The van der Waals surface area contributed by atoms with E-state index in [1.807, 2.05) is 30.5 Å². The van der Waals surface area contributed by atoms with E-state index in [0.717, 1.165) is 5.75 Å². The Kier molecular flexibility index (Phi) is 7.71. The minimum atomic E-state index is -0.287. The standard InChI is InChI=1S/C22H25N5O2S2/c1-5-27-20(15(4)29-18-8-6-16(7-9-18)14(2)3)25-26-22(27)31-13-19(28)24-21-17(12-23)10-11-30-21/h6-11,14-15H,5,13H2,1-4H3,(H,24,28). The summed E-state index contributed by atoms with van der Waals surface area (Å²) in [4.78, 5) is 12.3. The van der Waals surface area contributed by atoms with Crippen molar-refractivity contribution in [2.45, 2.75) is 51.4 Å². The lowest BCUT2D eigenvalue weighted by Crippen LogP contribution is -2.15. The van der Waals surface area contributed by atoms with Gasteiger partial charge in [-0.25, -0.2) is 0 Å². The highest BCUT2D eigenvalue weighted by molar-refractivity contribution is 7.99. The molecule has 0 aliphatic carbocycles. The topological polar surface area (TPSA) is 92.8 Å². The number of aromatic nitrogens is 3. The van der Waals surface area contributed by atoms with Crippen molar-refractivity contribution in [1.82, 2.24) is 14.8 Å². The normalized spacial score (nSPS) is 11.9. The van der Waals surface area contributed by atoms with Crippen LogP contribution in [0, 0.1) is 11.3 Å². The summed E-state index contributed by atoms with van der Waals surface area (Å²) in [5, 5.41) is 23.4. The monoisotopic (exact) mass is 455 g/mol. The third-order valence-electron chi connectivity index (χ3n) is 4.66. The van der Waals surface area contributed by atoms with Crippen LogP contribution in [0.1, 0.15) is 56.7 Å². The Labute approximate surface area is 190 Å². The van der Waals surface area contributed by atoms with Crippen molar-refractivity contribution in [3.63, 3.8) is 0 Å². The Morgan fingerprint density at radius 3 is 2.65 bits per heavy atom. The zero-order valence-corrected chi connectivity index (χ0v) is 19.6. The van der Waals surface area contributed by atoms with Crippen molar-refractivity contribution < 1.29 is 9.53 Å². The van der Waals surface area contributed by atoms with Crippen LogP contribution in [0.5, 0.6) is 5.75 Å². The van der Waals surface area contributed by atoms with Crippen molar-refractivity contribution in [2.75, 3.05) is 11.1 Å². The molecule has 0 aliphatic rings. The maximum Gasteiger partial charge on any atom is 0.235 e. The van der Waals surface area contributed by atoms with Crippen LogP contribution < -0.4 is 10.1 Å². The minimum Gasteiger partial charge on any atom is -0.483 e. The number of rotatable bonds is 9. The van der Waals surface area contributed by atoms with E-state index in [-0.39, 0.29) is 17.8 Å². The molecule has 7 nitrogen and oxygen atoms in total. The molecule has 9 heteroatoms. The molecule has 2 heterocycles. The quantitative estimate of drug-likeness (QED) is 0.444. The largest absolute Gasteiger partial charge is 0.483 e. The van der Waals surface area contributed by atoms with Crippen LogP contribution in [-0.2, 0) is 11.3 Å². The van der Waals surface area contributed by atoms with E-state index in [0.29, 0.717) is 34.0 Å². The number of thiophene rings is 1. The molecule has 0 fully saturated rings. The zero-order valence-electron chi connectivity index (χ0n) is 18.0. The molecule has 31 heavy (non-hydrogen) atoms. The van der Waals surface area contributed by atoms with Crippen LogP contribution in [0.4, 0.5) is 5.00 Å². The number of thioether (sulfide) groups is 1. The van der Waals surface area contributed by atoms with Crippen LogP contribution in [0.3, 0.4) is 0 Å². The molecule has 1 aromatic carbocycles. The molecule has 3 rings (SSSR count). The average molecular weight is 456 g/mol. The van der Waals surface area contributed by atoms with E-state index in [1.165, 1.54) is 28.7 Å². The number of benzene rings is 1. The van der Waals surface area contributed by atoms with Gasteiger partial charge in [0.25, 0.3) is 0 Å². The lowest BCUT2D eigenvalue weighted by Gasteiger charge is -2.16. The number of nitrogens with zero attached hydrogens (tertiary/aromatic N) is 4. The van der Waals surface area contributed by atoms with Gasteiger partial charge >= 0.3 is 0 Å². The van der Waals surface area contributed by atoms with E-state index in [2.05, 4.69) is 47.6 Å². The van der Waals surface area contributed by atoms with Crippen LogP contribution in [0.15, 0.2) is 40.9 Å². The Bertz CT molecular complexity index is 1070. The molecule has 0 spiro atoms. The number of nitriles is 1. The van der Waals surface area contributed by atoms with Crippen molar-refractivity contribution in [3.05, 3.63) is 52.7 Å². The summed E-state index contributed by atoms with van der Waals surface area (Å²) in [6.45, 7) is 8.92. The number of amides is 1. The Morgan fingerprint density at radius 2 is 2.00 bits per heavy atom. The fraction of sp³-hybridized carbons (Fsp3) is 0.364. The summed E-state index contributed by atoms with van der Waals surface area (Å²) in [6.07, 6.45) is -0.287. The smallest absolute Gasteiger partial charge is 0.235 e. The fourth-order valence-electron chi connectivity index (χ4n) is 2.98. The van der Waals surface area contributed by atoms with Crippen LogP contribution in [0.2, 0.25) is 0 Å². The number of anilines is 1. The number of nitrogens with one attached hydrogen (secondary N) is 1. The van der Waals surface area contributed by atoms with Gasteiger partial charge in [-0.3, -0.25) is 4.79 Å². The molecule has 2 aromatic heterocycles. The second kappa shape index (κ2) is 10.5. The molecular weight excluding hydrogens is 430 g/mol. The third kappa shape index (κ3) is 5.66. The first kappa shape index (κ1) is 22.8. The highest BCUT2D eigenvalue weighted by atomic mass is 32.2. The van der Waals surface area contributed by atoms with Crippen LogP contribution in [-0.4, -0.2) is 26.4 Å². The molecule has 162 valence electrons. The third-order valence-corrected chi connectivity index (χ3v) is 6.45. The number of hydrogen-bond donors (Lipinski definition) is 1. The molecule has 3 aromatic rings. The molecule has 0 bridgehead atoms. The SMILES string of the molecule is CCn1c(SCC(=O)Nc2sccc2C#N)nnc1C(C)Oc1ccc(C(C)C)cc1. The fourth-order valence-corrected chi connectivity index (χ4v) is 4.54. The first-order valence-electron chi connectivity index (χ1n) is 10.0. The van der Waals surface area contributed by atoms with Crippen molar-refractivity contribution in [3.8, 4) is 11.8 Å². The van der Waals surface area contributed by atoms with E-state index in [9.17, 15) is 4.79 Å². The first-order chi connectivity index (χ1) is 14.9. The van der Waals surface area contributed by atoms with E-state index in [4.69, 9.17) is 10.00 Å². The molecule has 0 saturated heterocycles. The Hall–Kier alpha value is -2.83. The maximum atomic E-state index is 12.3. The Morgan fingerprint density at radius 1 is 1.26 bits per heavy atom. The van der Waals surface area contributed by atoms with Crippen LogP contribution >= 0.6 is 23.1 Å². The number of hydrogen-bond acceptors (Lipinski definition) is 7. The summed E-state index contributed by atoms with van der Waals surface area (Å²) >= 11 is 2.64. The molecule has 0 saturated carbocycles. The minimum absolute atomic E-state index is 0.173. The first-order valence-corrected chi connectivity index (χ1v) is 11.9. The average Bonchev–Trinajstić information content (AvgIpc) is 3.38. The van der Waals surface area contributed by atoms with Gasteiger partial charge in [-0.15, -0.1) is 21.5 Å². The highest BCUT2D eigenvalue weighted by Crippen LogP contribution is 2.27. The number of ether oxygens (including phenoxy) is 1. The molecular formula is C22H25N5O2S2. The molecule has 1 N–H and O–H groups in total. The van der Waals surface area contributed by atoms with E-state index >= 15 is 0 Å². The van der Waals surface area contributed by atoms with Gasteiger partial charge in [0.15, 0.2) is 17.1 Å². The van der Waals surface area contributed by atoms with Gasteiger partial charge < -0.3 is 14.6 Å². The lowest BCUT2D eigenvalue weighted by atomic mass is 10.0. The summed E-state index contributed by atoms with van der Waals surface area (Å²) < 4.78 is 8.03. The molecule has 0 aliphatic heterocycles. The number of carbonyl (C=O) groups is 1. The molecule has 1 atom stereocenters. The van der Waals surface area contributed by atoms with Crippen LogP contribution in [0.25, 0.3) is 0 Å². The van der Waals surface area contributed by atoms with Crippen molar-refractivity contribution in [1.29, 1.82) is 5.26 Å². The summed E-state index contributed by atoms with van der Waals surface area (Å²) in [7, 11) is 0. The summed E-state index contributed by atoms with van der Waals surface area (Å²) in [5.41, 5.74) is 1.73. The van der Waals surface area contributed by atoms with Crippen molar-refractivity contribution >= 4 is 34.0 Å². The van der Waals surface area contributed by atoms with Crippen molar-refractivity contribution in [2.24, 2.45) is 0 Å². The second-order valence-corrected chi connectivity index (χ2v) is 9.04. The van der Waals surface area contributed by atoms with E-state index in [1.54, 1.807) is 11.4 Å². The van der Waals surface area contributed by atoms with Gasteiger partial charge in [-0.2, -0.15) is 5.26 Å². The zero-order chi connectivity index (χ0) is 22.4. The van der Waals surface area contributed by atoms with Gasteiger partial charge in [-0.1, -0.05) is 37.7 Å². The maximum absolute atomic E-state index is 12.3. The van der Waals surface area contributed by atoms with Gasteiger partial charge in [0.2, 0.25) is 5.91 Å². The van der Waals surface area contributed by atoms with Gasteiger partial charge in [0.05, 0.1) is 11.3 Å². The molecule has 1 amide bonds. The predicted octanol–water partition coefficient (Wildman–Crippen LogP) is 5.23.